The molecule has 0 fully saturated rings. The Morgan fingerprint density at radius 3 is 2.85 bits per heavy atom. The Balaban J connectivity index is 2.05. The van der Waals surface area contributed by atoms with Crippen LogP contribution in [0.1, 0.15) is 21.5 Å². The van der Waals surface area contributed by atoms with Gasteiger partial charge >= 0.3 is 0 Å². The highest BCUT2D eigenvalue weighted by molar-refractivity contribution is 9.10. The van der Waals surface area contributed by atoms with E-state index in [1.165, 1.54) is 6.20 Å². The highest BCUT2D eigenvalue weighted by Gasteiger charge is 2.25. The van der Waals surface area contributed by atoms with Gasteiger partial charge in [0.15, 0.2) is 17.4 Å². The van der Waals surface area contributed by atoms with E-state index in [0.717, 1.165) is 6.07 Å². The fourth-order valence-electron chi connectivity index (χ4n) is 3.08. The lowest BCUT2D eigenvalue weighted by molar-refractivity contribution is 0.104. The summed E-state index contributed by atoms with van der Waals surface area (Å²) in [6.45, 7) is 1.72. The van der Waals surface area contributed by atoms with Gasteiger partial charge in [-0.2, -0.15) is 5.10 Å². The van der Waals surface area contributed by atoms with Gasteiger partial charge in [-0.3, -0.25) is 14.9 Å². The number of nitrogens with zero attached hydrogens (tertiary/aromatic N) is 2. The van der Waals surface area contributed by atoms with Gasteiger partial charge in [-0.1, -0.05) is 0 Å². The predicted octanol–water partition coefficient (Wildman–Crippen LogP) is 4.27. The van der Waals surface area contributed by atoms with E-state index in [2.05, 4.69) is 31.1 Å². The van der Waals surface area contributed by atoms with Crippen molar-refractivity contribution < 1.29 is 13.6 Å². The minimum atomic E-state index is -1.14. The van der Waals surface area contributed by atoms with E-state index in [4.69, 9.17) is 5.73 Å². The summed E-state index contributed by atoms with van der Waals surface area (Å²) in [6.07, 6.45) is 2.91. The van der Waals surface area contributed by atoms with Crippen LogP contribution in [-0.2, 0) is 0 Å². The first kappa shape index (κ1) is 16.6. The first-order chi connectivity index (χ1) is 12.4. The number of rotatable bonds is 2. The number of pyridine rings is 1. The van der Waals surface area contributed by atoms with Gasteiger partial charge in [-0.15, -0.1) is 0 Å². The van der Waals surface area contributed by atoms with Crippen molar-refractivity contribution in [2.75, 3.05) is 5.73 Å². The number of carbonyl (C=O) groups excluding carboxylic acids is 1. The zero-order chi connectivity index (χ0) is 18.6. The molecule has 8 heteroatoms. The molecule has 2 aromatic heterocycles. The number of aromatic amines is 1. The van der Waals surface area contributed by atoms with E-state index in [0.29, 0.717) is 20.9 Å². The van der Waals surface area contributed by atoms with Gasteiger partial charge in [0.25, 0.3) is 0 Å². The lowest BCUT2D eigenvalue weighted by atomic mass is 9.93. The summed E-state index contributed by atoms with van der Waals surface area (Å²) in [5.74, 6) is -2.73. The first-order valence-electron chi connectivity index (χ1n) is 7.59. The summed E-state index contributed by atoms with van der Waals surface area (Å²) in [4.78, 5) is 17.5. The van der Waals surface area contributed by atoms with Crippen molar-refractivity contribution >= 4 is 49.2 Å². The largest absolute Gasteiger partial charge is 0.398 e. The molecule has 0 bridgehead atoms. The molecule has 0 saturated carbocycles. The third-order valence-electron chi connectivity index (χ3n) is 4.38. The molecule has 0 radical (unpaired) electrons. The van der Waals surface area contributed by atoms with Gasteiger partial charge in [0.2, 0.25) is 0 Å². The number of nitrogens with one attached hydrogen (secondary N) is 1. The van der Waals surface area contributed by atoms with E-state index < -0.39 is 17.4 Å². The maximum Gasteiger partial charge on any atom is 0.196 e. The van der Waals surface area contributed by atoms with Crippen LogP contribution >= 0.6 is 15.9 Å². The molecule has 0 unspecified atom stereocenters. The summed E-state index contributed by atoms with van der Waals surface area (Å²) >= 11 is 3.45. The molecule has 130 valence electrons. The van der Waals surface area contributed by atoms with E-state index in [1.54, 1.807) is 25.3 Å². The van der Waals surface area contributed by atoms with Crippen LogP contribution in [0.3, 0.4) is 0 Å². The van der Waals surface area contributed by atoms with Crippen molar-refractivity contribution in [3.63, 3.8) is 0 Å². The SMILES string of the molecule is Cc1c(C(=O)c2cc(F)c(F)c3[nH]ncc23)c(N)c2cccnc2c1Br. The van der Waals surface area contributed by atoms with Crippen LogP contribution in [0.15, 0.2) is 35.1 Å². The summed E-state index contributed by atoms with van der Waals surface area (Å²) in [6, 6.07) is 4.33. The average molecular weight is 417 g/mol. The zero-order valence-electron chi connectivity index (χ0n) is 13.4. The molecule has 4 rings (SSSR count). The molecule has 3 N–H and O–H groups in total. The molecular formula is C18H11BrF2N4O. The number of anilines is 1. The minimum Gasteiger partial charge on any atom is -0.398 e. The topological polar surface area (TPSA) is 84.7 Å². The standard InChI is InChI=1S/C18H11BrF2N4O/c1-7-12(15(22)8-3-2-4-23-16(8)13(7)19)18(26)9-5-11(20)14(21)17-10(9)6-24-25-17/h2-6H,22H2,1H3,(H,24,25). The number of H-pyrrole nitrogens is 1. The minimum absolute atomic E-state index is 0.0161. The predicted molar refractivity (Wildman–Crippen MR) is 98.0 cm³/mol. The van der Waals surface area contributed by atoms with Crippen molar-refractivity contribution in [1.29, 1.82) is 0 Å². The van der Waals surface area contributed by atoms with Crippen LogP contribution in [-0.4, -0.2) is 21.0 Å². The normalized spacial score (nSPS) is 11.4. The van der Waals surface area contributed by atoms with Crippen molar-refractivity contribution in [3.8, 4) is 0 Å². The Morgan fingerprint density at radius 2 is 2.08 bits per heavy atom. The number of fused-ring (bicyclic) bond motifs is 2. The van der Waals surface area contributed by atoms with Crippen LogP contribution in [0.2, 0.25) is 0 Å². The maximum absolute atomic E-state index is 14.0. The summed E-state index contributed by atoms with van der Waals surface area (Å²) in [7, 11) is 0. The zero-order valence-corrected chi connectivity index (χ0v) is 15.0. The molecule has 5 nitrogen and oxygen atoms in total. The number of carbonyl (C=O) groups is 1. The Kier molecular flexibility index (Phi) is 3.73. The van der Waals surface area contributed by atoms with Crippen LogP contribution in [0.4, 0.5) is 14.5 Å². The molecule has 2 aromatic carbocycles. The number of benzene rings is 2. The molecule has 0 saturated heterocycles. The van der Waals surface area contributed by atoms with Crippen LogP contribution in [0.25, 0.3) is 21.8 Å². The number of nitrogen functional groups attached to an aromatic ring is 1. The quantitative estimate of drug-likeness (QED) is 0.377. The molecular weight excluding hydrogens is 406 g/mol. The van der Waals surface area contributed by atoms with Crippen molar-refractivity contribution in [2.24, 2.45) is 0 Å². The molecule has 0 aliphatic rings. The summed E-state index contributed by atoms with van der Waals surface area (Å²) in [5, 5.41) is 6.88. The molecule has 0 spiro atoms. The third-order valence-corrected chi connectivity index (χ3v) is 5.35. The van der Waals surface area contributed by atoms with Crippen LogP contribution in [0, 0.1) is 18.6 Å². The highest BCUT2D eigenvalue weighted by atomic mass is 79.9. The number of hydrogen-bond acceptors (Lipinski definition) is 4. The number of nitrogens with two attached hydrogens (primary N) is 1. The van der Waals surface area contributed by atoms with Gasteiger partial charge in [0.05, 0.1) is 23.0 Å². The lowest BCUT2D eigenvalue weighted by Gasteiger charge is -2.14. The fraction of sp³-hybridized carbons (Fsp3) is 0.0556. The second-order valence-corrected chi connectivity index (χ2v) is 6.63. The second-order valence-electron chi connectivity index (χ2n) is 5.83. The fourth-order valence-corrected chi connectivity index (χ4v) is 3.60. The summed E-state index contributed by atoms with van der Waals surface area (Å²) < 4.78 is 28.5. The van der Waals surface area contributed by atoms with E-state index in [1.807, 2.05) is 0 Å². The Labute approximate surface area is 154 Å². The smallest absolute Gasteiger partial charge is 0.196 e. The van der Waals surface area contributed by atoms with Gasteiger partial charge < -0.3 is 5.73 Å². The lowest BCUT2D eigenvalue weighted by Crippen LogP contribution is -2.11. The van der Waals surface area contributed by atoms with E-state index in [9.17, 15) is 13.6 Å². The maximum atomic E-state index is 14.0. The van der Waals surface area contributed by atoms with Crippen molar-refractivity contribution in [2.45, 2.75) is 6.92 Å². The van der Waals surface area contributed by atoms with Gasteiger partial charge in [-0.05, 0) is 46.6 Å². The Bertz CT molecular complexity index is 1220. The van der Waals surface area contributed by atoms with Crippen LogP contribution in [0.5, 0.6) is 0 Å². The third kappa shape index (κ3) is 2.22. The van der Waals surface area contributed by atoms with Gasteiger partial charge in [0.1, 0.15) is 5.52 Å². The van der Waals surface area contributed by atoms with Crippen molar-refractivity contribution in [1.82, 2.24) is 15.2 Å². The van der Waals surface area contributed by atoms with E-state index in [-0.39, 0.29) is 27.7 Å². The molecule has 4 aromatic rings. The Hall–Kier alpha value is -2.87. The Morgan fingerprint density at radius 1 is 1.31 bits per heavy atom. The number of halogens is 3. The number of aromatic nitrogens is 3. The monoisotopic (exact) mass is 416 g/mol. The van der Waals surface area contributed by atoms with Gasteiger partial charge in [0, 0.05) is 27.0 Å². The summed E-state index contributed by atoms with van der Waals surface area (Å²) in [5.41, 5.74) is 7.71. The van der Waals surface area contributed by atoms with E-state index >= 15 is 0 Å². The molecule has 0 aliphatic carbocycles. The van der Waals surface area contributed by atoms with Crippen molar-refractivity contribution in [3.05, 3.63) is 63.4 Å². The average Bonchev–Trinajstić information content (AvgIpc) is 3.13. The number of hydrogen-bond donors (Lipinski definition) is 2. The molecule has 26 heavy (non-hydrogen) atoms. The highest BCUT2D eigenvalue weighted by Crippen LogP contribution is 2.36. The van der Waals surface area contributed by atoms with Gasteiger partial charge in [-0.25, -0.2) is 8.78 Å². The molecule has 2 heterocycles. The second kappa shape index (κ2) is 5.84. The molecule has 0 atom stereocenters. The van der Waals surface area contributed by atoms with Crippen LogP contribution < -0.4 is 5.73 Å². The molecule has 0 aliphatic heterocycles. The first-order valence-corrected chi connectivity index (χ1v) is 8.39. The number of ketones is 1. The molecule has 0 amide bonds.